The summed E-state index contributed by atoms with van der Waals surface area (Å²) < 4.78 is 4.67. The summed E-state index contributed by atoms with van der Waals surface area (Å²) in [5.41, 5.74) is 2.07. The Balaban J connectivity index is 2.73. The number of aliphatic hydroxyl groups is 1. The van der Waals surface area contributed by atoms with E-state index >= 15 is 0 Å². The number of benzene rings is 1. The predicted octanol–water partition coefficient (Wildman–Crippen LogP) is 0.826. The maximum absolute atomic E-state index is 11.3. The summed E-state index contributed by atoms with van der Waals surface area (Å²) in [4.78, 5) is 13.3. The summed E-state index contributed by atoms with van der Waals surface area (Å²) in [5.74, 6) is -0.234. The molecule has 0 spiro atoms. The number of likely N-dealkylation sites (N-methyl/N-ethyl adjacent to an activating group) is 1. The first-order valence-corrected chi connectivity index (χ1v) is 5.60. The van der Waals surface area contributed by atoms with Crippen molar-refractivity contribution in [1.29, 1.82) is 0 Å². The first-order valence-electron chi connectivity index (χ1n) is 5.60. The van der Waals surface area contributed by atoms with Crippen LogP contribution in [0.1, 0.15) is 11.1 Å². The SMILES string of the molecule is COC(=O)Cc1ccccc1CN(C)CCO. The number of carbonyl (C=O) groups excluding carboxylic acids is 1. The van der Waals surface area contributed by atoms with Crippen molar-refractivity contribution in [3.63, 3.8) is 0 Å². The first-order chi connectivity index (χ1) is 8.17. The van der Waals surface area contributed by atoms with Gasteiger partial charge in [-0.1, -0.05) is 24.3 Å². The lowest BCUT2D eigenvalue weighted by molar-refractivity contribution is -0.139. The largest absolute Gasteiger partial charge is 0.469 e. The fourth-order valence-electron chi connectivity index (χ4n) is 1.65. The van der Waals surface area contributed by atoms with Crippen LogP contribution in [0, 0.1) is 0 Å². The number of methoxy groups -OCH3 is 1. The molecule has 0 unspecified atom stereocenters. The van der Waals surface area contributed by atoms with E-state index < -0.39 is 0 Å². The average molecular weight is 237 g/mol. The number of hydrogen-bond acceptors (Lipinski definition) is 4. The second kappa shape index (κ2) is 7.04. The third-order valence-corrected chi connectivity index (χ3v) is 2.60. The van der Waals surface area contributed by atoms with E-state index in [9.17, 15) is 4.79 Å². The normalized spacial score (nSPS) is 10.6. The van der Waals surface area contributed by atoms with E-state index in [2.05, 4.69) is 4.74 Å². The Labute approximate surface area is 102 Å². The fraction of sp³-hybridized carbons (Fsp3) is 0.462. The molecule has 4 heteroatoms. The molecule has 0 heterocycles. The lowest BCUT2D eigenvalue weighted by Gasteiger charge is -2.17. The Morgan fingerprint density at radius 2 is 2.00 bits per heavy atom. The van der Waals surface area contributed by atoms with Crippen molar-refractivity contribution in [3.05, 3.63) is 35.4 Å². The molecular weight excluding hydrogens is 218 g/mol. The van der Waals surface area contributed by atoms with E-state index in [1.165, 1.54) is 7.11 Å². The van der Waals surface area contributed by atoms with Crippen LogP contribution in [0.15, 0.2) is 24.3 Å². The topological polar surface area (TPSA) is 49.8 Å². The van der Waals surface area contributed by atoms with Gasteiger partial charge >= 0.3 is 5.97 Å². The second-order valence-corrected chi connectivity index (χ2v) is 3.98. The van der Waals surface area contributed by atoms with Gasteiger partial charge in [0.1, 0.15) is 0 Å². The van der Waals surface area contributed by atoms with Gasteiger partial charge in [0.2, 0.25) is 0 Å². The van der Waals surface area contributed by atoms with Crippen molar-refractivity contribution in [2.45, 2.75) is 13.0 Å². The summed E-state index contributed by atoms with van der Waals surface area (Å²) in [6, 6.07) is 7.78. The highest BCUT2D eigenvalue weighted by molar-refractivity contribution is 5.72. The third kappa shape index (κ3) is 4.54. The van der Waals surface area contributed by atoms with Gasteiger partial charge in [-0.2, -0.15) is 0 Å². The third-order valence-electron chi connectivity index (χ3n) is 2.60. The Morgan fingerprint density at radius 3 is 2.59 bits per heavy atom. The maximum atomic E-state index is 11.3. The molecule has 0 bridgehead atoms. The molecule has 0 aromatic heterocycles. The summed E-state index contributed by atoms with van der Waals surface area (Å²) >= 11 is 0. The minimum atomic E-state index is -0.234. The molecule has 0 saturated heterocycles. The lowest BCUT2D eigenvalue weighted by Crippen LogP contribution is -2.22. The minimum Gasteiger partial charge on any atom is -0.469 e. The number of esters is 1. The number of aliphatic hydroxyl groups excluding tert-OH is 1. The van der Waals surface area contributed by atoms with Crippen LogP contribution in [0.5, 0.6) is 0 Å². The Hall–Kier alpha value is -1.39. The molecule has 1 N–H and O–H groups in total. The Kier molecular flexibility index (Phi) is 5.66. The van der Waals surface area contributed by atoms with Crippen molar-refractivity contribution in [2.24, 2.45) is 0 Å². The van der Waals surface area contributed by atoms with Gasteiger partial charge in [-0.3, -0.25) is 9.69 Å². The summed E-state index contributed by atoms with van der Waals surface area (Å²) in [6.45, 7) is 1.47. The summed E-state index contributed by atoms with van der Waals surface area (Å²) in [7, 11) is 3.33. The quantitative estimate of drug-likeness (QED) is 0.744. The first kappa shape index (κ1) is 13.7. The van der Waals surface area contributed by atoms with Gasteiger partial charge in [0.15, 0.2) is 0 Å². The molecule has 17 heavy (non-hydrogen) atoms. The number of carbonyl (C=O) groups is 1. The molecule has 1 aromatic rings. The van der Waals surface area contributed by atoms with Crippen LogP contribution in [0.2, 0.25) is 0 Å². The fourth-order valence-corrected chi connectivity index (χ4v) is 1.65. The zero-order chi connectivity index (χ0) is 12.7. The zero-order valence-electron chi connectivity index (χ0n) is 10.3. The van der Waals surface area contributed by atoms with Gasteiger partial charge in [-0.15, -0.1) is 0 Å². The highest BCUT2D eigenvalue weighted by atomic mass is 16.5. The van der Waals surface area contributed by atoms with Crippen molar-refractivity contribution < 1.29 is 14.6 Å². The molecule has 0 saturated carbocycles. The number of nitrogens with zero attached hydrogens (tertiary/aromatic N) is 1. The highest BCUT2D eigenvalue weighted by Crippen LogP contribution is 2.12. The van der Waals surface area contributed by atoms with Gasteiger partial charge in [0.05, 0.1) is 20.1 Å². The molecule has 0 aliphatic heterocycles. The van der Waals surface area contributed by atoms with Crippen LogP contribution in [-0.4, -0.2) is 43.3 Å². The Bertz CT molecular complexity index is 365. The molecule has 1 aromatic carbocycles. The maximum Gasteiger partial charge on any atom is 0.309 e. The zero-order valence-corrected chi connectivity index (χ0v) is 10.3. The van der Waals surface area contributed by atoms with E-state index in [4.69, 9.17) is 5.11 Å². The van der Waals surface area contributed by atoms with Crippen molar-refractivity contribution >= 4 is 5.97 Å². The van der Waals surface area contributed by atoms with Gasteiger partial charge in [0.25, 0.3) is 0 Å². The number of rotatable bonds is 6. The lowest BCUT2D eigenvalue weighted by atomic mass is 10.0. The van der Waals surface area contributed by atoms with E-state index in [1.54, 1.807) is 0 Å². The standard InChI is InChI=1S/C13H19NO3/c1-14(7-8-15)10-12-6-4-3-5-11(12)9-13(16)17-2/h3-6,15H,7-10H2,1-2H3. The molecule has 4 nitrogen and oxygen atoms in total. The predicted molar refractivity (Wildman–Crippen MR) is 65.6 cm³/mol. The van der Waals surface area contributed by atoms with Crippen LogP contribution in [0.25, 0.3) is 0 Å². The molecule has 0 atom stereocenters. The summed E-state index contributed by atoms with van der Waals surface area (Å²) in [6.07, 6.45) is 0.291. The van der Waals surface area contributed by atoms with Crippen LogP contribution in [-0.2, 0) is 22.5 Å². The smallest absolute Gasteiger partial charge is 0.309 e. The highest BCUT2D eigenvalue weighted by Gasteiger charge is 2.09. The molecule has 0 aliphatic carbocycles. The van der Waals surface area contributed by atoms with Gasteiger partial charge in [0, 0.05) is 13.1 Å². The number of hydrogen-bond donors (Lipinski definition) is 1. The van der Waals surface area contributed by atoms with E-state index in [1.807, 2.05) is 36.2 Å². The van der Waals surface area contributed by atoms with Gasteiger partial charge in [-0.05, 0) is 18.2 Å². The summed E-state index contributed by atoms with van der Waals surface area (Å²) in [5, 5.41) is 8.85. The molecular formula is C13H19NO3. The van der Waals surface area contributed by atoms with Crippen molar-refractivity contribution in [3.8, 4) is 0 Å². The number of ether oxygens (including phenoxy) is 1. The van der Waals surface area contributed by atoms with E-state index in [-0.39, 0.29) is 12.6 Å². The van der Waals surface area contributed by atoms with Crippen LogP contribution >= 0.6 is 0 Å². The van der Waals surface area contributed by atoms with Crippen LogP contribution in [0.3, 0.4) is 0 Å². The van der Waals surface area contributed by atoms with E-state index in [0.29, 0.717) is 19.5 Å². The van der Waals surface area contributed by atoms with Gasteiger partial charge in [-0.25, -0.2) is 0 Å². The Morgan fingerprint density at radius 1 is 1.35 bits per heavy atom. The molecule has 0 aliphatic rings. The van der Waals surface area contributed by atoms with Crippen molar-refractivity contribution in [1.82, 2.24) is 4.90 Å². The molecule has 1 rings (SSSR count). The average Bonchev–Trinajstić information content (AvgIpc) is 2.31. The van der Waals surface area contributed by atoms with Crippen LogP contribution in [0.4, 0.5) is 0 Å². The van der Waals surface area contributed by atoms with E-state index in [0.717, 1.165) is 11.1 Å². The van der Waals surface area contributed by atoms with Gasteiger partial charge < -0.3 is 9.84 Å². The molecule has 94 valence electrons. The van der Waals surface area contributed by atoms with Crippen LogP contribution < -0.4 is 0 Å². The molecule has 0 radical (unpaired) electrons. The minimum absolute atomic E-state index is 0.135. The monoisotopic (exact) mass is 237 g/mol. The molecule has 0 fully saturated rings. The van der Waals surface area contributed by atoms with Crippen molar-refractivity contribution in [2.75, 3.05) is 27.3 Å². The molecule has 0 amide bonds. The second-order valence-electron chi connectivity index (χ2n) is 3.98.